The van der Waals surface area contributed by atoms with E-state index in [0.717, 1.165) is 16.7 Å². The molecule has 0 atom stereocenters. The summed E-state index contributed by atoms with van der Waals surface area (Å²) >= 11 is 6.20. The van der Waals surface area contributed by atoms with Crippen LogP contribution < -0.4 is 4.74 Å². The van der Waals surface area contributed by atoms with Gasteiger partial charge in [0, 0.05) is 11.1 Å². The minimum absolute atomic E-state index is 0.0686. The second-order valence-corrected chi connectivity index (χ2v) is 5.24. The van der Waals surface area contributed by atoms with Gasteiger partial charge in [0.2, 0.25) is 0 Å². The largest absolute Gasteiger partial charge is 0.504 e. The molecule has 0 aromatic heterocycles. The maximum Gasteiger partial charge on any atom is 0.165 e. The van der Waals surface area contributed by atoms with E-state index in [-0.39, 0.29) is 12.4 Å². The molecule has 0 unspecified atom stereocenters. The van der Waals surface area contributed by atoms with E-state index < -0.39 is 0 Å². The van der Waals surface area contributed by atoms with Gasteiger partial charge in [-0.25, -0.2) is 0 Å². The van der Waals surface area contributed by atoms with Crippen molar-refractivity contribution in [3.05, 3.63) is 57.6 Å². The molecule has 0 saturated carbocycles. The number of rotatable bonds is 5. The Morgan fingerprint density at radius 1 is 1.14 bits per heavy atom. The number of hydrogen-bond donors (Lipinski definition) is 2. The summed E-state index contributed by atoms with van der Waals surface area (Å²) in [7, 11) is 0. The molecule has 0 fully saturated rings. The van der Waals surface area contributed by atoms with Gasteiger partial charge in [-0.05, 0) is 24.5 Å². The van der Waals surface area contributed by atoms with Crippen LogP contribution in [0.4, 0.5) is 0 Å². The highest BCUT2D eigenvalue weighted by atomic mass is 35.5. The second kappa shape index (κ2) is 6.83. The van der Waals surface area contributed by atoms with Crippen LogP contribution in [-0.4, -0.2) is 10.2 Å². The fraction of sp³-hybridized carbons (Fsp3) is 0.294. The van der Waals surface area contributed by atoms with Gasteiger partial charge in [0.1, 0.15) is 6.61 Å². The highest BCUT2D eigenvalue weighted by Crippen LogP contribution is 2.42. The molecule has 0 bridgehead atoms. The third-order valence-electron chi connectivity index (χ3n) is 3.56. The molecule has 0 aliphatic rings. The van der Waals surface area contributed by atoms with Crippen LogP contribution in [0, 0.1) is 6.92 Å². The van der Waals surface area contributed by atoms with Gasteiger partial charge >= 0.3 is 0 Å². The molecular formula is C17H19ClO3. The molecule has 21 heavy (non-hydrogen) atoms. The zero-order chi connectivity index (χ0) is 15.4. The van der Waals surface area contributed by atoms with Gasteiger partial charge in [-0.1, -0.05) is 48.9 Å². The van der Waals surface area contributed by atoms with Crippen LogP contribution >= 0.6 is 11.6 Å². The lowest BCUT2D eigenvalue weighted by atomic mass is 10.0. The number of ether oxygens (including phenoxy) is 1. The highest BCUT2D eigenvalue weighted by Gasteiger charge is 2.20. The first-order valence-electron chi connectivity index (χ1n) is 6.90. The highest BCUT2D eigenvalue weighted by molar-refractivity contribution is 6.32. The molecule has 3 nitrogen and oxygen atoms in total. The molecule has 0 spiro atoms. The number of halogens is 1. The molecule has 0 saturated heterocycles. The van der Waals surface area contributed by atoms with Gasteiger partial charge in [0.25, 0.3) is 0 Å². The summed E-state index contributed by atoms with van der Waals surface area (Å²) in [6.45, 7) is 3.88. The Morgan fingerprint density at radius 3 is 2.38 bits per heavy atom. The summed E-state index contributed by atoms with van der Waals surface area (Å²) in [5, 5.41) is 20.1. The van der Waals surface area contributed by atoms with E-state index in [0.29, 0.717) is 29.4 Å². The van der Waals surface area contributed by atoms with E-state index in [1.165, 1.54) is 0 Å². The SMILES string of the molecule is CCc1c(C)c(Cl)c(CO)c(O)c1OCc1ccccc1. The van der Waals surface area contributed by atoms with Gasteiger partial charge in [-0.2, -0.15) is 0 Å². The van der Waals surface area contributed by atoms with Crippen molar-refractivity contribution < 1.29 is 14.9 Å². The molecule has 0 radical (unpaired) electrons. The zero-order valence-electron chi connectivity index (χ0n) is 12.2. The summed E-state index contributed by atoms with van der Waals surface area (Å²) in [6.07, 6.45) is 0.689. The Balaban J connectivity index is 2.40. The fourth-order valence-corrected chi connectivity index (χ4v) is 2.63. The molecule has 2 aromatic carbocycles. The topological polar surface area (TPSA) is 49.7 Å². The predicted octanol–water partition coefficient (Wildman–Crippen LogP) is 3.99. The maximum atomic E-state index is 10.3. The molecule has 0 aliphatic heterocycles. The van der Waals surface area contributed by atoms with Gasteiger partial charge in [0.15, 0.2) is 11.5 Å². The van der Waals surface area contributed by atoms with Crippen LogP contribution in [0.2, 0.25) is 5.02 Å². The minimum atomic E-state index is -0.322. The van der Waals surface area contributed by atoms with E-state index in [4.69, 9.17) is 16.3 Å². The zero-order valence-corrected chi connectivity index (χ0v) is 12.9. The first kappa shape index (κ1) is 15.7. The average Bonchev–Trinajstić information content (AvgIpc) is 2.51. The Kier molecular flexibility index (Phi) is 5.10. The molecule has 2 N–H and O–H groups in total. The van der Waals surface area contributed by atoms with E-state index in [1.54, 1.807) is 0 Å². The lowest BCUT2D eigenvalue weighted by Gasteiger charge is -2.19. The quantitative estimate of drug-likeness (QED) is 0.878. The summed E-state index contributed by atoms with van der Waals surface area (Å²) in [5.74, 6) is 0.341. The maximum absolute atomic E-state index is 10.3. The summed E-state index contributed by atoms with van der Waals surface area (Å²) in [5.41, 5.74) is 3.03. The van der Waals surface area contributed by atoms with Gasteiger partial charge in [0.05, 0.1) is 11.6 Å². The Bertz CT molecular complexity index is 624. The van der Waals surface area contributed by atoms with Crippen molar-refractivity contribution in [3.8, 4) is 11.5 Å². The summed E-state index contributed by atoms with van der Waals surface area (Å²) < 4.78 is 5.80. The third kappa shape index (κ3) is 3.14. The monoisotopic (exact) mass is 306 g/mol. The molecule has 0 aliphatic carbocycles. The fourth-order valence-electron chi connectivity index (χ4n) is 2.37. The Morgan fingerprint density at radius 2 is 1.81 bits per heavy atom. The van der Waals surface area contributed by atoms with Crippen LogP contribution in [0.25, 0.3) is 0 Å². The van der Waals surface area contributed by atoms with Gasteiger partial charge in [-0.3, -0.25) is 0 Å². The molecule has 2 aromatic rings. The van der Waals surface area contributed by atoms with E-state index in [1.807, 2.05) is 44.2 Å². The van der Waals surface area contributed by atoms with Crippen molar-refractivity contribution in [2.75, 3.05) is 0 Å². The first-order chi connectivity index (χ1) is 10.1. The van der Waals surface area contributed by atoms with Crippen molar-refractivity contribution in [3.63, 3.8) is 0 Å². The summed E-state index contributed by atoms with van der Waals surface area (Å²) in [6, 6.07) is 9.72. The number of phenols is 1. The van der Waals surface area contributed by atoms with Crippen molar-refractivity contribution in [1.29, 1.82) is 0 Å². The molecule has 4 heteroatoms. The lowest BCUT2D eigenvalue weighted by Crippen LogP contribution is -2.03. The molecule has 2 rings (SSSR count). The number of benzene rings is 2. The van der Waals surface area contributed by atoms with Crippen molar-refractivity contribution in [2.24, 2.45) is 0 Å². The van der Waals surface area contributed by atoms with Crippen LogP contribution in [0.1, 0.15) is 29.2 Å². The van der Waals surface area contributed by atoms with E-state index >= 15 is 0 Å². The number of hydrogen-bond acceptors (Lipinski definition) is 3. The van der Waals surface area contributed by atoms with Crippen molar-refractivity contribution in [1.82, 2.24) is 0 Å². The minimum Gasteiger partial charge on any atom is -0.504 e. The van der Waals surface area contributed by atoms with Crippen LogP contribution in [0.15, 0.2) is 30.3 Å². The molecule has 112 valence electrons. The number of aliphatic hydroxyl groups is 1. The molecule has 0 heterocycles. The van der Waals surface area contributed by atoms with Crippen LogP contribution in [0.3, 0.4) is 0 Å². The van der Waals surface area contributed by atoms with E-state index in [9.17, 15) is 10.2 Å². The average molecular weight is 307 g/mol. The number of aromatic hydroxyl groups is 1. The Labute approximate surface area is 129 Å². The first-order valence-corrected chi connectivity index (χ1v) is 7.28. The summed E-state index contributed by atoms with van der Waals surface area (Å²) in [4.78, 5) is 0. The smallest absolute Gasteiger partial charge is 0.165 e. The normalized spacial score (nSPS) is 10.7. The standard InChI is InChI=1S/C17H19ClO3/c1-3-13-11(2)15(18)14(9-19)16(20)17(13)21-10-12-7-5-4-6-8-12/h4-8,19-20H,3,9-10H2,1-2H3. The van der Waals surface area contributed by atoms with Crippen LogP contribution in [-0.2, 0) is 19.6 Å². The van der Waals surface area contributed by atoms with Gasteiger partial charge in [-0.15, -0.1) is 0 Å². The predicted molar refractivity (Wildman–Crippen MR) is 83.9 cm³/mol. The van der Waals surface area contributed by atoms with Crippen molar-refractivity contribution >= 4 is 11.6 Å². The van der Waals surface area contributed by atoms with E-state index in [2.05, 4.69) is 0 Å². The molecular weight excluding hydrogens is 288 g/mol. The van der Waals surface area contributed by atoms with Crippen molar-refractivity contribution in [2.45, 2.75) is 33.5 Å². The Hall–Kier alpha value is -1.71. The lowest BCUT2D eigenvalue weighted by molar-refractivity contribution is 0.261. The third-order valence-corrected chi connectivity index (χ3v) is 4.07. The van der Waals surface area contributed by atoms with Crippen LogP contribution in [0.5, 0.6) is 11.5 Å². The number of aliphatic hydroxyl groups excluding tert-OH is 1. The van der Waals surface area contributed by atoms with Gasteiger partial charge < -0.3 is 14.9 Å². The second-order valence-electron chi connectivity index (χ2n) is 4.86. The molecule has 0 amide bonds.